The predicted molar refractivity (Wildman–Crippen MR) is 45.9 cm³/mol. The summed E-state index contributed by atoms with van der Waals surface area (Å²) in [6, 6.07) is 0. The van der Waals surface area contributed by atoms with Gasteiger partial charge in [0.1, 0.15) is 0 Å². The quantitative estimate of drug-likeness (QED) is 0.620. The molecule has 3 nitrogen and oxygen atoms in total. The zero-order valence-corrected chi connectivity index (χ0v) is 7.39. The maximum Gasteiger partial charge on any atom is 0.237 e. The van der Waals surface area contributed by atoms with Crippen molar-refractivity contribution in [1.82, 2.24) is 0 Å². The molecule has 0 aliphatic heterocycles. The van der Waals surface area contributed by atoms with Crippen LogP contribution in [-0.2, 0) is 4.79 Å². The van der Waals surface area contributed by atoms with Crippen molar-refractivity contribution in [1.29, 1.82) is 0 Å². The molecule has 4 N–H and O–H groups in total. The molecule has 0 heterocycles. The minimum Gasteiger partial charge on any atom is -0.368 e. The molecule has 0 aromatic heterocycles. The number of hydrogen-bond donors (Lipinski definition) is 2. The third kappa shape index (κ3) is 2.89. The van der Waals surface area contributed by atoms with Crippen LogP contribution in [0.3, 0.4) is 0 Å². The van der Waals surface area contributed by atoms with Crippen LogP contribution in [0.1, 0.15) is 39.5 Å². The topological polar surface area (TPSA) is 69.1 Å². The van der Waals surface area contributed by atoms with Crippen molar-refractivity contribution in [3.05, 3.63) is 0 Å². The molecule has 0 rings (SSSR count). The third-order valence-corrected chi connectivity index (χ3v) is 1.88. The number of carbonyl (C=O) groups excluding carboxylic acids is 1. The Balaban J connectivity index is 4.13. The third-order valence-electron chi connectivity index (χ3n) is 1.88. The summed E-state index contributed by atoms with van der Waals surface area (Å²) in [5.74, 6) is -0.374. The smallest absolute Gasteiger partial charge is 0.237 e. The number of carbonyl (C=O) groups is 1. The fourth-order valence-electron chi connectivity index (χ4n) is 1.26. The zero-order valence-electron chi connectivity index (χ0n) is 7.39. The van der Waals surface area contributed by atoms with Crippen LogP contribution < -0.4 is 11.5 Å². The highest BCUT2D eigenvalue weighted by Gasteiger charge is 2.29. The number of nitrogens with two attached hydrogens (primary N) is 2. The van der Waals surface area contributed by atoms with Crippen molar-refractivity contribution >= 4 is 5.91 Å². The van der Waals surface area contributed by atoms with Crippen molar-refractivity contribution in [2.45, 2.75) is 45.1 Å². The van der Waals surface area contributed by atoms with E-state index >= 15 is 0 Å². The van der Waals surface area contributed by atoms with E-state index in [1.54, 1.807) is 0 Å². The first-order valence-corrected chi connectivity index (χ1v) is 4.15. The van der Waals surface area contributed by atoms with Gasteiger partial charge in [0.25, 0.3) is 0 Å². The van der Waals surface area contributed by atoms with Gasteiger partial charge in [0.15, 0.2) is 0 Å². The Morgan fingerprint density at radius 3 is 1.82 bits per heavy atom. The molecule has 0 aliphatic carbocycles. The van der Waals surface area contributed by atoms with E-state index in [1.807, 2.05) is 13.8 Å². The molecule has 0 radical (unpaired) electrons. The molecule has 0 atom stereocenters. The number of primary amides is 1. The van der Waals surface area contributed by atoms with E-state index in [4.69, 9.17) is 11.5 Å². The molecular weight excluding hydrogens is 140 g/mol. The summed E-state index contributed by atoms with van der Waals surface area (Å²) in [6.45, 7) is 4.00. The van der Waals surface area contributed by atoms with Crippen molar-refractivity contribution < 1.29 is 4.79 Å². The van der Waals surface area contributed by atoms with Gasteiger partial charge in [0.05, 0.1) is 5.54 Å². The summed E-state index contributed by atoms with van der Waals surface area (Å²) < 4.78 is 0. The van der Waals surface area contributed by atoms with Gasteiger partial charge in [-0.3, -0.25) is 4.79 Å². The molecule has 66 valence electrons. The molecule has 0 spiro atoms. The summed E-state index contributed by atoms with van der Waals surface area (Å²) in [6.07, 6.45) is 3.19. The highest BCUT2D eigenvalue weighted by Crippen LogP contribution is 2.15. The van der Waals surface area contributed by atoms with Gasteiger partial charge in [0.2, 0.25) is 5.91 Å². The lowest BCUT2D eigenvalue weighted by molar-refractivity contribution is -0.123. The van der Waals surface area contributed by atoms with Gasteiger partial charge in [-0.25, -0.2) is 0 Å². The van der Waals surface area contributed by atoms with E-state index in [2.05, 4.69) is 0 Å². The monoisotopic (exact) mass is 158 g/mol. The van der Waals surface area contributed by atoms with E-state index in [0.717, 1.165) is 12.8 Å². The average Bonchev–Trinajstić information content (AvgIpc) is 1.88. The zero-order chi connectivity index (χ0) is 8.91. The lowest BCUT2D eigenvalue weighted by atomic mass is 9.89. The fourth-order valence-corrected chi connectivity index (χ4v) is 1.26. The molecule has 0 saturated carbocycles. The highest BCUT2D eigenvalue weighted by atomic mass is 16.1. The van der Waals surface area contributed by atoms with Crippen LogP contribution >= 0.6 is 0 Å². The van der Waals surface area contributed by atoms with Crippen molar-refractivity contribution in [2.75, 3.05) is 0 Å². The Morgan fingerprint density at radius 2 is 1.64 bits per heavy atom. The standard InChI is InChI=1S/C8H18N2O/c1-3-5-8(10,6-4-2)7(9)11/h3-6,10H2,1-2H3,(H2,9,11). The number of rotatable bonds is 5. The summed E-state index contributed by atoms with van der Waals surface area (Å²) in [5, 5.41) is 0. The minimum absolute atomic E-state index is 0.374. The van der Waals surface area contributed by atoms with Gasteiger partial charge in [-0.1, -0.05) is 26.7 Å². The van der Waals surface area contributed by atoms with Crippen molar-refractivity contribution in [3.63, 3.8) is 0 Å². The first kappa shape index (κ1) is 10.4. The van der Waals surface area contributed by atoms with Crippen molar-refractivity contribution in [3.8, 4) is 0 Å². The van der Waals surface area contributed by atoms with E-state index in [-0.39, 0.29) is 5.91 Å². The molecule has 11 heavy (non-hydrogen) atoms. The molecule has 0 aromatic rings. The second-order valence-electron chi connectivity index (χ2n) is 3.02. The second kappa shape index (κ2) is 4.34. The van der Waals surface area contributed by atoms with Crippen LogP contribution in [0.25, 0.3) is 0 Å². The van der Waals surface area contributed by atoms with Crippen LogP contribution in [0.4, 0.5) is 0 Å². The lowest BCUT2D eigenvalue weighted by Gasteiger charge is -2.24. The molecule has 3 heteroatoms. The summed E-state index contributed by atoms with van der Waals surface area (Å²) in [7, 11) is 0. The van der Waals surface area contributed by atoms with Crippen LogP contribution in [0, 0.1) is 0 Å². The Hall–Kier alpha value is -0.570. The van der Waals surface area contributed by atoms with Gasteiger partial charge in [-0.2, -0.15) is 0 Å². The molecule has 0 bridgehead atoms. The number of amides is 1. The van der Waals surface area contributed by atoms with Crippen molar-refractivity contribution in [2.24, 2.45) is 11.5 Å². The largest absolute Gasteiger partial charge is 0.368 e. The fraction of sp³-hybridized carbons (Fsp3) is 0.875. The van der Waals surface area contributed by atoms with E-state index in [1.165, 1.54) is 0 Å². The number of hydrogen-bond acceptors (Lipinski definition) is 2. The molecule has 0 fully saturated rings. The lowest BCUT2D eigenvalue weighted by Crippen LogP contribution is -2.51. The van der Waals surface area contributed by atoms with Gasteiger partial charge in [-0.05, 0) is 12.8 Å². The van der Waals surface area contributed by atoms with E-state index in [0.29, 0.717) is 12.8 Å². The summed E-state index contributed by atoms with van der Waals surface area (Å²) in [4.78, 5) is 10.9. The SMILES string of the molecule is CCCC(N)(CCC)C(N)=O. The first-order valence-electron chi connectivity index (χ1n) is 4.15. The van der Waals surface area contributed by atoms with Crippen LogP contribution in [-0.4, -0.2) is 11.4 Å². The molecule has 0 aromatic carbocycles. The minimum atomic E-state index is -0.760. The van der Waals surface area contributed by atoms with Crippen LogP contribution in [0.5, 0.6) is 0 Å². The van der Waals surface area contributed by atoms with E-state index < -0.39 is 5.54 Å². The van der Waals surface area contributed by atoms with Crippen LogP contribution in [0.2, 0.25) is 0 Å². The van der Waals surface area contributed by atoms with E-state index in [9.17, 15) is 4.79 Å². The Labute approximate surface area is 68.1 Å². The van der Waals surface area contributed by atoms with Gasteiger partial charge in [-0.15, -0.1) is 0 Å². The van der Waals surface area contributed by atoms with Crippen LogP contribution in [0.15, 0.2) is 0 Å². The Morgan fingerprint density at radius 1 is 1.27 bits per heavy atom. The summed E-state index contributed by atoms with van der Waals surface area (Å²) in [5.41, 5.74) is 10.2. The predicted octanol–water partition coefficient (Wildman–Crippen LogP) is 0.769. The maximum atomic E-state index is 10.9. The molecule has 0 aliphatic rings. The normalized spacial score (nSPS) is 11.5. The van der Waals surface area contributed by atoms with Gasteiger partial charge >= 0.3 is 0 Å². The summed E-state index contributed by atoms with van der Waals surface area (Å²) >= 11 is 0. The Bertz CT molecular complexity index is 128. The molecular formula is C8H18N2O. The molecule has 0 saturated heterocycles. The van der Waals surface area contributed by atoms with Gasteiger partial charge in [0, 0.05) is 0 Å². The molecule has 0 unspecified atom stereocenters. The Kier molecular flexibility index (Phi) is 4.11. The highest BCUT2D eigenvalue weighted by molar-refractivity contribution is 5.84. The first-order chi connectivity index (χ1) is 5.06. The van der Waals surface area contributed by atoms with Gasteiger partial charge < -0.3 is 11.5 Å². The second-order valence-corrected chi connectivity index (χ2v) is 3.02. The average molecular weight is 158 g/mol. The molecule has 1 amide bonds. The maximum absolute atomic E-state index is 10.9.